The van der Waals surface area contributed by atoms with Crippen molar-refractivity contribution in [1.82, 2.24) is 4.90 Å². The van der Waals surface area contributed by atoms with Gasteiger partial charge in [0, 0.05) is 35.2 Å². The van der Waals surface area contributed by atoms with Gasteiger partial charge in [0.2, 0.25) is 5.78 Å². The van der Waals surface area contributed by atoms with Crippen LogP contribution < -0.4 is 9.47 Å². The van der Waals surface area contributed by atoms with Crippen molar-refractivity contribution in [2.24, 2.45) is 0 Å². The standard InChI is InChI=1S/C23H21NO4S/c1-14-5-6-17(27-14)11-20-21(25)19-10-16-12-24(8-7-18-4-3-9-29-18)13-26-22(16)15(2)23(19)28-20/h3-6,9-11H,7-8,12-13H2,1-2H3/b20-11-. The van der Waals surface area contributed by atoms with E-state index in [1.54, 1.807) is 17.4 Å². The fourth-order valence-electron chi connectivity index (χ4n) is 3.82. The number of rotatable bonds is 4. The van der Waals surface area contributed by atoms with E-state index in [-0.39, 0.29) is 11.5 Å². The molecule has 2 aromatic heterocycles. The summed E-state index contributed by atoms with van der Waals surface area (Å²) in [6, 6.07) is 9.85. The largest absolute Gasteiger partial charge is 0.477 e. The van der Waals surface area contributed by atoms with Crippen LogP contribution >= 0.6 is 11.3 Å². The topological polar surface area (TPSA) is 51.9 Å². The zero-order chi connectivity index (χ0) is 20.0. The Morgan fingerprint density at radius 3 is 2.86 bits per heavy atom. The summed E-state index contributed by atoms with van der Waals surface area (Å²) >= 11 is 1.78. The molecular weight excluding hydrogens is 386 g/mol. The zero-order valence-corrected chi connectivity index (χ0v) is 17.2. The molecule has 3 aromatic rings. The Morgan fingerprint density at radius 1 is 1.21 bits per heavy atom. The smallest absolute Gasteiger partial charge is 0.232 e. The maximum absolute atomic E-state index is 12.9. The molecule has 5 nitrogen and oxygen atoms in total. The van der Waals surface area contributed by atoms with E-state index in [2.05, 4.69) is 22.4 Å². The average Bonchev–Trinajstić information content (AvgIpc) is 3.44. The first-order valence-electron chi connectivity index (χ1n) is 9.63. The molecule has 0 amide bonds. The van der Waals surface area contributed by atoms with Crippen molar-refractivity contribution in [3.63, 3.8) is 0 Å². The summed E-state index contributed by atoms with van der Waals surface area (Å²) < 4.78 is 17.5. The van der Waals surface area contributed by atoms with Gasteiger partial charge in [0.15, 0.2) is 5.76 Å². The van der Waals surface area contributed by atoms with E-state index in [0.717, 1.165) is 42.1 Å². The fourth-order valence-corrected chi connectivity index (χ4v) is 4.52. The molecule has 5 rings (SSSR count). The van der Waals surface area contributed by atoms with Crippen molar-refractivity contribution in [3.05, 3.63) is 74.6 Å². The Balaban J connectivity index is 1.39. The third-order valence-electron chi connectivity index (χ3n) is 5.29. The van der Waals surface area contributed by atoms with Gasteiger partial charge < -0.3 is 13.9 Å². The second-order valence-corrected chi connectivity index (χ2v) is 8.44. The summed E-state index contributed by atoms with van der Waals surface area (Å²) in [7, 11) is 0. The summed E-state index contributed by atoms with van der Waals surface area (Å²) in [6.07, 6.45) is 2.65. The molecule has 0 N–H and O–H groups in total. The Bertz CT molecular complexity index is 1110. The molecule has 0 saturated heterocycles. The Hall–Kier alpha value is -2.83. The summed E-state index contributed by atoms with van der Waals surface area (Å²) in [4.78, 5) is 16.5. The summed E-state index contributed by atoms with van der Waals surface area (Å²) in [6.45, 7) is 6.04. The van der Waals surface area contributed by atoms with Gasteiger partial charge >= 0.3 is 0 Å². The number of hydrogen-bond acceptors (Lipinski definition) is 6. The van der Waals surface area contributed by atoms with Crippen molar-refractivity contribution in [3.8, 4) is 11.5 Å². The van der Waals surface area contributed by atoms with E-state index in [1.807, 2.05) is 32.0 Å². The van der Waals surface area contributed by atoms with Crippen LogP contribution in [0.25, 0.3) is 6.08 Å². The molecule has 0 aliphatic carbocycles. The van der Waals surface area contributed by atoms with Crippen molar-refractivity contribution < 1.29 is 18.7 Å². The molecule has 0 saturated carbocycles. The van der Waals surface area contributed by atoms with Gasteiger partial charge in [-0.25, -0.2) is 0 Å². The van der Waals surface area contributed by atoms with Crippen molar-refractivity contribution in [2.45, 2.75) is 26.8 Å². The third kappa shape index (κ3) is 3.39. The number of carbonyl (C=O) groups excluding carboxylic acids is 1. The van der Waals surface area contributed by atoms with Gasteiger partial charge in [-0.2, -0.15) is 0 Å². The lowest BCUT2D eigenvalue weighted by atomic mass is 10.00. The van der Waals surface area contributed by atoms with Gasteiger partial charge in [-0.15, -0.1) is 11.3 Å². The van der Waals surface area contributed by atoms with Crippen LogP contribution in [0.15, 0.2) is 45.9 Å². The number of ether oxygens (including phenoxy) is 2. The lowest BCUT2D eigenvalue weighted by Gasteiger charge is -2.30. The molecular formula is C23H21NO4S. The van der Waals surface area contributed by atoms with Gasteiger partial charge in [-0.1, -0.05) is 6.07 Å². The average molecular weight is 407 g/mol. The highest BCUT2D eigenvalue weighted by Crippen LogP contribution is 2.43. The van der Waals surface area contributed by atoms with Gasteiger partial charge in [0.05, 0.1) is 5.56 Å². The van der Waals surface area contributed by atoms with E-state index in [4.69, 9.17) is 13.9 Å². The van der Waals surface area contributed by atoms with Crippen LogP contribution in [-0.2, 0) is 13.0 Å². The molecule has 2 aliphatic heterocycles. The normalized spacial score (nSPS) is 17.2. The highest BCUT2D eigenvalue weighted by atomic mass is 32.1. The Kier molecular flexibility index (Phi) is 4.53. The summed E-state index contributed by atoms with van der Waals surface area (Å²) in [5.74, 6) is 3.00. The highest BCUT2D eigenvalue weighted by Gasteiger charge is 2.33. The number of fused-ring (bicyclic) bond motifs is 2. The molecule has 1 aromatic carbocycles. The van der Waals surface area contributed by atoms with Crippen LogP contribution in [0.5, 0.6) is 11.5 Å². The minimum absolute atomic E-state index is 0.115. The Morgan fingerprint density at radius 2 is 2.10 bits per heavy atom. The number of Topliss-reactive ketones (excluding diaryl/α,β-unsaturated/α-hetero) is 1. The molecule has 29 heavy (non-hydrogen) atoms. The lowest BCUT2D eigenvalue weighted by molar-refractivity contribution is 0.0956. The van der Waals surface area contributed by atoms with Crippen LogP contribution in [0.2, 0.25) is 0 Å². The van der Waals surface area contributed by atoms with Crippen molar-refractivity contribution in [1.29, 1.82) is 0 Å². The number of nitrogens with zero attached hydrogens (tertiary/aromatic N) is 1. The minimum atomic E-state index is -0.115. The zero-order valence-electron chi connectivity index (χ0n) is 16.4. The van der Waals surface area contributed by atoms with Gasteiger partial charge in [-0.3, -0.25) is 9.69 Å². The highest BCUT2D eigenvalue weighted by molar-refractivity contribution is 7.09. The Labute approximate surface area is 173 Å². The number of aryl methyl sites for hydroxylation is 1. The van der Waals surface area contributed by atoms with E-state index < -0.39 is 0 Å². The van der Waals surface area contributed by atoms with Gasteiger partial charge in [-0.05, 0) is 49.9 Å². The molecule has 0 atom stereocenters. The van der Waals surface area contributed by atoms with Crippen molar-refractivity contribution in [2.75, 3.05) is 13.3 Å². The molecule has 0 radical (unpaired) electrons. The van der Waals surface area contributed by atoms with E-state index in [1.165, 1.54) is 4.88 Å². The summed E-state index contributed by atoms with van der Waals surface area (Å²) in [5.41, 5.74) is 2.51. The van der Waals surface area contributed by atoms with Crippen LogP contribution in [0.4, 0.5) is 0 Å². The number of furan rings is 1. The number of ketones is 1. The van der Waals surface area contributed by atoms with Crippen LogP contribution in [0, 0.1) is 13.8 Å². The maximum atomic E-state index is 12.9. The van der Waals surface area contributed by atoms with E-state index >= 15 is 0 Å². The molecule has 0 bridgehead atoms. The fraction of sp³-hybridized carbons (Fsp3) is 0.261. The molecule has 0 fully saturated rings. The second-order valence-electron chi connectivity index (χ2n) is 7.41. The number of hydrogen-bond donors (Lipinski definition) is 0. The van der Waals surface area contributed by atoms with E-state index in [0.29, 0.717) is 23.8 Å². The maximum Gasteiger partial charge on any atom is 0.232 e. The number of allylic oxidation sites excluding steroid dienone is 1. The quantitative estimate of drug-likeness (QED) is 0.572. The first-order valence-corrected chi connectivity index (χ1v) is 10.5. The molecule has 0 unspecified atom stereocenters. The first-order chi connectivity index (χ1) is 14.1. The molecule has 148 valence electrons. The number of benzene rings is 1. The van der Waals surface area contributed by atoms with Crippen molar-refractivity contribution >= 4 is 23.2 Å². The predicted octanol–water partition coefficient (Wildman–Crippen LogP) is 4.97. The third-order valence-corrected chi connectivity index (χ3v) is 6.23. The molecule has 0 spiro atoms. The monoisotopic (exact) mass is 407 g/mol. The van der Waals surface area contributed by atoms with Gasteiger partial charge in [0.1, 0.15) is 29.8 Å². The van der Waals surface area contributed by atoms with Crippen LogP contribution in [0.1, 0.15) is 37.9 Å². The molecule has 6 heteroatoms. The summed E-state index contributed by atoms with van der Waals surface area (Å²) in [5, 5.41) is 2.10. The predicted molar refractivity (Wildman–Crippen MR) is 111 cm³/mol. The van der Waals surface area contributed by atoms with Gasteiger partial charge in [0.25, 0.3) is 0 Å². The SMILES string of the molecule is Cc1ccc(/C=C2\Oc3c(cc4c(c3C)OCN(CCc3cccs3)C4)C2=O)o1. The minimum Gasteiger partial charge on any atom is -0.477 e. The first kappa shape index (κ1) is 18.2. The number of thiophene rings is 1. The number of carbonyl (C=O) groups is 1. The molecule has 2 aliphatic rings. The van der Waals surface area contributed by atoms with E-state index in [9.17, 15) is 4.79 Å². The second kappa shape index (κ2) is 7.21. The lowest BCUT2D eigenvalue weighted by Crippen LogP contribution is -2.34. The van der Waals surface area contributed by atoms with Crippen LogP contribution in [-0.4, -0.2) is 24.0 Å². The van der Waals surface area contributed by atoms with Crippen LogP contribution in [0.3, 0.4) is 0 Å². The molecule has 4 heterocycles.